The molecule has 17 heavy (non-hydrogen) atoms. The van der Waals surface area contributed by atoms with Gasteiger partial charge in [-0.05, 0) is 26.4 Å². The summed E-state index contributed by atoms with van der Waals surface area (Å²) in [5.41, 5.74) is 0. The zero-order valence-electron chi connectivity index (χ0n) is 10.7. The largest absolute Gasteiger partial charge is 0.391 e. The second-order valence-electron chi connectivity index (χ2n) is 5.37. The topological polar surface area (TPSA) is 67.2 Å². The molecule has 5 nitrogen and oxygen atoms in total. The Bertz CT molecular complexity index is 264. The van der Waals surface area contributed by atoms with Crippen LogP contribution in [0.5, 0.6) is 0 Å². The van der Waals surface area contributed by atoms with Crippen molar-refractivity contribution in [1.29, 1.82) is 0 Å². The summed E-state index contributed by atoms with van der Waals surface area (Å²) in [4.78, 5) is 4.22. The smallest absolute Gasteiger partial charge is 0.0994 e. The molecule has 0 bridgehead atoms. The molecule has 0 aromatic heterocycles. The summed E-state index contributed by atoms with van der Waals surface area (Å²) in [6.07, 6.45) is -0.385. The number of hydrogen-bond donors (Lipinski definition) is 3. The first-order valence-corrected chi connectivity index (χ1v) is 6.54. The summed E-state index contributed by atoms with van der Waals surface area (Å²) >= 11 is 0. The van der Waals surface area contributed by atoms with E-state index < -0.39 is 18.3 Å². The first kappa shape index (κ1) is 13.2. The average Bonchev–Trinajstić information content (AvgIpc) is 2.65. The number of nitrogens with zero attached hydrogens (tertiary/aromatic N) is 2. The van der Waals surface area contributed by atoms with Gasteiger partial charge in [0.15, 0.2) is 0 Å². The quantitative estimate of drug-likeness (QED) is 0.586. The fraction of sp³-hybridized carbons (Fsp3) is 1.00. The summed E-state index contributed by atoms with van der Waals surface area (Å²) in [5, 5.41) is 30.1. The van der Waals surface area contributed by atoms with E-state index in [1.807, 2.05) is 7.05 Å². The van der Waals surface area contributed by atoms with Crippen LogP contribution < -0.4 is 0 Å². The lowest BCUT2D eigenvalue weighted by Gasteiger charge is -2.46. The predicted molar refractivity (Wildman–Crippen MR) is 64.7 cm³/mol. The Morgan fingerprint density at radius 3 is 2.59 bits per heavy atom. The molecule has 3 N–H and O–H groups in total. The van der Waals surface area contributed by atoms with Crippen LogP contribution in [0.1, 0.15) is 19.8 Å². The Morgan fingerprint density at radius 2 is 1.94 bits per heavy atom. The highest BCUT2D eigenvalue weighted by Gasteiger charge is 2.48. The highest BCUT2D eigenvalue weighted by Crippen LogP contribution is 2.29. The summed E-state index contributed by atoms with van der Waals surface area (Å²) in [6, 6.07) is -0.317. The molecule has 0 aliphatic carbocycles. The Labute approximate surface area is 103 Å². The summed E-state index contributed by atoms with van der Waals surface area (Å²) < 4.78 is 0. The first-order chi connectivity index (χ1) is 8.06. The Balaban J connectivity index is 2.07. The van der Waals surface area contributed by atoms with E-state index in [4.69, 9.17) is 0 Å². The minimum atomic E-state index is -0.842. The molecule has 5 atom stereocenters. The van der Waals surface area contributed by atoms with Crippen molar-refractivity contribution in [1.82, 2.24) is 9.80 Å². The molecule has 2 aliphatic heterocycles. The van der Waals surface area contributed by atoms with Crippen LogP contribution in [0.15, 0.2) is 0 Å². The molecular formula is C12H24N2O3. The van der Waals surface area contributed by atoms with Crippen LogP contribution in [0, 0.1) is 0 Å². The third-order valence-corrected chi connectivity index (χ3v) is 4.19. The standard InChI is InChI=1S/C12H24N2O3/c1-3-5-13(2)8-7-14-6-4-9(15)10(14)12(17)11(8)16/h8-12,15-17H,3-7H2,1-2H3. The molecule has 0 radical (unpaired) electrons. The number of fused-ring (bicyclic) bond motifs is 1. The predicted octanol–water partition coefficient (Wildman–Crippen LogP) is -1.13. The normalized spacial score (nSPS) is 43.1. The number of rotatable bonds is 3. The van der Waals surface area contributed by atoms with Gasteiger partial charge in [0.2, 0.25) is 0 Å². The maximum Gasteiger partial charge on any atom is 0.0994 e. The van der Waals surface area contributed by atoms with Crippen molar-refractivity contribution in [2.45, 2.75) is 50.2 Å². The van der Waals surface area contributed by atoms with Crippen LogP contribution in [0.2, 0.25) is 0 Å². The molecule has 2 aliphatic rings. The van der Waals surface area contributed by atoms with E-state index in [0.29, 0.717) is 6.42 Å². The van der Waals surface area contributed by atoms with Gasteiger partial charge in [0, 0.05) is 13.1 Å². The maximum atomic E-state index is 10.2. The van der Waals surface area contributed by atoms with E-state index in [0.717, 1.165) is 26.1 Å². The minimum Gasteiger partial charge on any atom is -0.391 e. The molecule has 5 heteroatoms. The van der Waals surface area contributed by atoms with Crippen LogP contribution >= 0.6 is 0 Å². The Hall–Kier alpha value is -0.200. The van der Waals surface area contributed by atoms with E-state index in [2.05, 4.69) is 16.7 Å². The van der Waals surface area contributed by atoms with E-state index in [1.165, 1.54) is 0 Å². The second-order valence-corrected chi connectivity index (χ2v) is 5.37. The van der Waals surface area contributed by atoms with Gasteiger partial charge < -0.3 is 15.3 Å². The SMILES string of the molecule is CCCN(C)C1CN2CCC(O)C2C(O)C1O. The zero-order chi connectivity index (χ0) is 12.6. The average molecular weight is 244 g/mol. The van der Waals surface area contributed by atoms with Crippen LogP contribution in [0.25, 0.3) is 0 Å². The van der Waals surface area contributed by atoms with Crippen molar-refractivity contribution in [3.63, 3.8) is 0 Å². The molecule has 2 rings (SSSR count). The number of likely N-dealkylation sites (N-methyl/N-ethyl adjacent to an activating group) is 1. The van der Waals surface area contributed by atoms with E-state index in [-0.39, 0.29) is 12.1 Å². The van der Waals surface area contributed by atoms with Crippen LogP contribution in [-0.2, 0) is 0 Å². The molecule has 0 spiro atoms. The third kappa shape index (κ3) is 2.35. The van der Waals surface area contributed by atoms with Crippen molar-refractivity contribution < 1.29 is 15.3 Å². The molecular weight excluding hydrogens is 220 g/mol. The first-order valence-electron chi connectivity index (χ1n) is 6.54. The molecule has 0 aromatic carbocycles. The highest BCUT2D eigenvalue weighted by molar-refractivity contribution is 5.03. The Kier molecular flexibility index (Phi) is 4.05. The number of hydrogen-bond acceptors (Lipinski definition) is 5. The summed E-state index contributed by atoms with van der Waals surface area (Å²) in [7, 11) is 1.98. The van der Waals surface area contributed by atoms with E-state index in [9.17, 15) is 15.3 Å². The molecule has 2 heterocycles. The lowest BCUT2D eigenvalue weighted by atomic mass is 9.90. The van der Waals surface area contributed by atoms with Gasteiger partial charge in [-0.3, -0.25) is 9.80 Å². The second kappa shape index (κ2) is 5.20. The fourth-order valence-corrected chi connectivity index (χ4v) is 3.21. The minimum absolute atomic E-state index is 0.0356. The molecule has 5 unspecified atom stereocenters. The zero-order valence-corrected chi connectivity index (χ0v) is 10.7. The summed E-state index contributed by atoms with van der Waals surface area (Å²) in [5.74, 6) is 0. The number of piperidine rings is 1. The summed E-state index contributed by atoms with van der Waals surface area (Å²) in [6.45, 7) is 4.56. The molecule has 0 amide bonds. The van der Waals surface area contributed by atoms with E-state index >= 15 is 0 Å². The fourth-order valence-electron chi connectivity index (χ4n) is 3.21. The molecule has 0 saturated carbocycles. The van der Waals surface area contributed by atoms with Gasteiger partial charge in [-0.25, -0.2) is 0 Å². The van der Waals surface area contributed by atoms with Crippen molar-refractivity contribution in [3.8, 4) is 0 Å². The van der Waals surface area contributed by atoms with Gasteiger partial charge in [-0.2, -0.15) is 0 Å². The van der Waals surface area contributed by atoms with Crippen molar-refractivity contribution in [3.05, 3.63) is 0 Å². The van der Waals surface area contributed by atoms with Gasteiger partial charge in [0.1, 0.15) is 0 Å². The number of aliphatic hydroxyl groups is 3. The van der Waals surface area contributed by atoms with Gasteiger partial charge >= 0.3 is 0 Å². The molecule has 100 valence electrons. The van der Waals surface area contributed by atoms with Crippen molar-refractivity contribution >= 4 is 0 Å². The van der Waals surface area contributed by atoms with Crippen molar-refractivity contribution in [2.75, 3.05) is 26.7 Å². The monoisotopic (exact) mass is 244 g/mol. The van der Waals surface area contributed by atoms with Crippen LogP contribution in [-0.4, -0.2) is 82.2 Å². The van der Waals surface area contributed by atoms with Gasteiger partial charge in [-0.15, -0.1) is 0 Å². The van der Waals surface area contributed by atoms with Gasteiger partial charge in [0.05, 0.1) is 30.4 Å². The van der Waals surface area contributed by atoms with Crippen molar-refractivity contribution in [2.24, 2.45) is 0 Å². The lowest BCUT2D eigenvalue weighted by molar-refractivity contribution is -0.121. The molecule has 0 aromatic rings. The van der Waals surface area contributed by atoms with Crippen LogP contribution in [0.3, 0.4) is 0 Å². The third-order valence-electron chi connectivity index (χ3n) is 4.19. The van der Waals surface area contributed by atoms with Gasteiger partial charge in [0.25, 0.3) is 0 Å². The highest BCUT2D eigenvalue weighted by atomic mass is 16.3. The lowest BCUT2D eigenvalue weighted by Crippen LogP contribution is -2.65. The van der Waals surface area contributed by atoms with E-state index in [1.54, 1.807) is 0 Å². The maximum absolute atomic E-state index is 10.2. The van der Waals surface area contributed by atoms with Crippen LogP contribution in [0.4, 0.5) is 0 Å². The Morgan fingerprint density at radius 1 is 1.24 bits per heavy atom. The molecule has 2 fully saturated rings. The number of aliphatic hydroxyl groups excluding tert-OH is 3. The van der Waals surface area contributed by atoms with Gasteiger partial charge in [-0.1, -0.05) is 6.92 Å². The molecule has 2 saturated heterocycles.